The quantitative estimate of drug-likeness (QED) is 0.840. The van der Waals surface area contributed by atoms with Gasteiger partial charge in [-0.3, -0.25) is 0 Å². The average Bonchev–Trinajstić information content (AvgIpc) is 3.00. The Kier molecular flexibility index (Phi) is 4.52. The van der Waals surface area contributed by atoms with Crippen LogP contribution in [0.1, 0.15) is 42.6 Å². The zero-order valence-electron chi connectivity index (χ0n) is 15.4. The third kappa shape index (κ3) is 3.01. The Hall–Kier alpha value is -2.63. The van der Waals surface area contributed by atoms with Crippen molar-refractivity contribution < 1.29 is 13.9 Å². The van der Waals surface area contributed by atoms with Gasteiger partial charge in [-0.15, -0.1) is 0 Å². The van der Waals surface area contributed by atoms with Gasteiger partial charge in [-0.05, 0) is 18.9 Å². The molecular formula is C20H21F2N5O. The molecule has 146 valence electrons. The molecule has 1 aromatic heterocycles. The van der Waals surface area contributed by atoms with E-state index in [1.165, 1.54) is 0 Å². The van der Waals surface area contributed by atoms with Gasteiger partial charge >= 0.3 is 0 Å². The van der Waals surface area contributed by atoms with E-state index in [-0.39, 0.29) is 36.9 Å². The van der Waals surface area contributed by atoms with Gasteiger partial charge in [-0.2, -0.15) is 14.0 Å². The van der Waals surface area contributed by atoms with E-state index < -0.39 is 18.1 Å². The maximum atomic E-state index is 14.4. The number of fused-ring (bicyclic) bond motifs is 1. The topological polar surface area (TPSA) is 99.1 Å². The molecule has 1 aliphatic carbocycles. The minimum absolute atomic E-state index is 0.202. The summed E-state index contributed by atoms with van der Waals surface area (Å²) in [5.74, 6) is -2.76. The van der Waals surface area contributed by atoms with E-state index in [9.17, 15) is 13.9 Å². The summed E-state index contributed by atoms with van der Waals surface area (Å²) >= 11 is 0. The van der Waals surface area contributed by atoms with Gasteiger partial charge in [0.15, 0.2) is 0 Å². The summed E-state index contributed by atoms with van der Waals surface area (Å²) in [5.41, 5.74) is 8.22. The molecule has 1 aromatic carbocycles. The summed E-state index contributed by atoms with van der Waals surface area (Å²) in [5, 5.41) is 18.6. The van der Waals surface area contributed by atoms with Gasteiger partial charge in [0.05, 0.1) is 30.3 Å². The lowest BCUT2D eigenvalue weighted by Gasteiger charge is -2.43. The molecule has 2 aromatic rings. The summed E-state index contributed by atoms with van der Waals surface area (Å²) in [7, 11) is 0. The minimum Gasteiger partial charge on any atom is -0.389 e. The minimum atomic E-state index is -2.98. The Balaban J connectivity index is 1.76. The molecule has 2 aliphatic rings. The Morgan fingerprint density at radius 1 is 1.36 bits per heavy atom. The lowest BCUT2D eigenvalue weighted by Crippen LogP contribution is -2.59. The molecule has 3 N–H and O–H groups in total. The van der Waals surface area contributed by atoms with E-state index in [4.69, 9.17) is 11.0 Å². The molecule has 0 saturated carbocycles. The summed E-state index contributed by atoms with van der Waals surface area (Å²) in [6.07, 6.45) is -0.377. The Morgan fingerprint density at radius 3 is 2.68 bits per heavy atom. The van der Waals surface area contributed by atoms with E-state index in [1.54, 1.807) is 29.2 Å². The van der Waals surface area contributed by atoms with E-state index in [1.807, 2.05) is 13.0 Å². The fraction of sp³-hybridized carbons (Fsp3) is 0.450. The first-order chi connectivity index (χ1) is 13.3. The number of alkyl halides is 2. The number of β-amino-alcohol motifs (C(OH)–C–C–N with tert-alkyl or cyclic N) is 1. The monoisotopic (exact) mass is 385 g/mol. The number of halogens is 2. The molecular weight excluding hydrogens is 364 g/mol. The number of aromatic nitrogens is 2. The van der Waals surface area contributed by atoms with Gasteiger partial charge in [-0.25, -0.2) is 9.97 Å². The van der Waals surface area contributed by atoms with Gasteiger partial charge in [0.1, 0.15) is 5.69 Å². The highest BCUT2D eigenvalue weighted by Gasteiger charge is 2.45. The molecule has 0 amide bonds. The molecule has 6 nitrogen and oxygen atoms in total. The van der Waals surface area contributed by atoms with E-state index in [0.29, 0.717) is 23.4 Å². The number of nitrogens with zero attached hydrogens (tertiary/aromatic N) is 4. The molecule has 0 spiro atoms. The molecule has 0 unspecified atom stereocenters. The number of aliphatic hydroxyl groups is 1. The maximum absolute atomic E-state index is 14.4. The number of aliphatic hydroxyl groups excluding tert-OH is 1. The van der Waals surface area contributed by atoms with Gasteiger partial charge in [-0.1, -0.05) is 24.3 Å². The van der Waals surface area contributed by atoms with Crippen LogP contribution >= 0.6 is 0 Å². The van der Waals surface area contributed by atoms with Crippen LogP contribution in [0.3, 0.4) is 0 Å². The zero-order chi connectivity index (χ0) is 20.1. The van der Waals surface area contributed by atoms with Crippen molar-refractivity contribution in [1.29, 1.82) is 5.26 Å². The number of anilines is 1. The second-order valence-electron chi connectivity index (χ2n) is 7.45. The van der Waals surface area contributed by atoms with Gasteiger partial charge in [0.25, 0.3) is 5.92 Å². The lowest BCUT2D eigenvalue weighted by atomic mass is 9.99. The average molecular weight is 385 g/mol. The van der Waals surface area contributed by atoms with Crippen LogP contribution in [0.4, 0.5) is 14.7 Å². The van der Waals surface area contributed by atoms with Crippen molar-refractivity contribution in [3.8, 4) is 17.3 Å². The largest absolute Gasteiger partial charge is 0.389 e. The van der Waals surface area contributed by atoms with Crippen LogP contribution in [-0.2, 0) is 12.3 Å². The zero-order valence-corrected chi connectivity index (χ0v) is 15.4. The van der Waals surface area contributed by atoms with Crippen LogP contribution in [0.2, 0.25) is 0 Å². The lowest BCUT2D eigenvalue weighted by molar-refractivity contribution is -0.00603. The highest BCUT2D eigenvalue weighted by atomic mass is 19.3. The van der Waals surface area contributed by atoms with Crippen LogP contribution in [0.15, 0.2) is 24.3 Å². The fourth-order valence-corrected chi connectivity index (χ4v) is 3.74. The number of benzene rings is 1. The van der Waals surface area contributed by atoms with Crippen molar-refractivity contribution >= 4 is 5.95 Å². The Morgan fingerprint density at radius 2 is 2.07 bits per heavy atom. The molecule has 1 aliphatic heterocycles. The molecule has 4 rings (SSSR count). The fourth-order valence-electron chi connectivity index (χ4n) is 3.74. The molecule has 3 atom stereocenters. The number of hydrogen-bond acceptors (Lipinski definition) is 6. The smallest absolute Gasteiger partial charge is 0.290 e. The SMILES string of the molecule is C[C@H]1[C@H](O)CN1c1nc(-c2ccc([C@H](N)CC#N)cc2)c2c(n1)C(F)(F)CC2. The van der Waals surface area contributed by atoms with Crippen LogP contribution in [0.25, 0.3) is 11.3 Å². The Bertz CT molecular complexity index is 941. The van der Waals surface area contributed by atoms with Crippen LogP contribution in [0, 0.1) is 11.3 Å². The Labute approximate surface area is 161 Å². The summed E-state index contributed by atoms with van der Waals surface area (Å²) in [6.45, 7) is 2.14. The summed E-state index contributed by atoms with van der Waals surface area (Å²) in [4.78, 5) is 10.5. The number of nitriles is 1. The predicted molar refractivity (Wildman–Crippen MR) is 99.7 cm³/mol. The molecule has 28 heavy (non-hydrogen) atoms. The normalized spacial score (nSPS) is 23.6. The van der Waals surface area contributed by atoms with Crippen molar-refractivity contribution in [2.45, 2.75) is 50.3 Å². The number of hydrogen-bond donors (Lipinski definition) is 2. The number of nitrogens with two attached hydrogens (primary N) is 1. The molecule has 0 radical (unpaired) electrons. The molecule has 2 heterocycles. The van der Waals surface area contributed by atoms with E-state index >= 15 is 0 Å². The van der Waals surface area contributed by atoms with Crippen LogP contribution in [0.5, 0.6) is 0 Å². The first kappa shape index (κ1) is 18.7. The molecule has 1 fully saturated rings. The third-order valence-electron chi connectivity index (χ3n) is 5.64. The van der Waals surface area contributed by atoms with Crippen molar-refractivity contribution in [2.24, 2.45) is 5.73 Å². The third-order valence-corrected chi connectivity index (χ3v) is 5.64. The van der Waals surface area contributed by atoms with E-state index in [2.05, 4.69) is 9.97 Å². The van der Waals surface area contributed by atoms with Crippen molar-refractivity contribution in [3.05, 3.63) is 41.1 Å². The van der Waals surface area contributed by atoms with Gasteiger partial charge in [0.2, 0.25) is 5.95 Å². The van der Waals surface area contributed by atoms with Crippen molar-refractivity contribution in [2.75, 3.05) is 11.4 Å². The van der Waals surface area contributed by atoms with Crippen molar-refractivity contribution in [3.63, 3.8) is 0 Å². The van der Waals surface area contributed by atoms with Crippen LogP contribution < -0.4 is 10.6 Å². The maximum Gasteiger partial charge on any atom is 0.290 e. The highest BCUT2D eigenvalue weighted by Crippen LogP contribution is 2.44. The van der Waals surface area contributed by atoms with E-state index in [0.717, 1.165) is 5.56 Å². The van der Waals surface area contributed by atoms with Gasteiger partial charge < -0.3 is 15.7 Å². The second-order valence-corrected chi connectivity index (χ2v) is 7.45. The summed E-state index contributed by atoms with van der Waals surface area (Å²) < 4.78 is 28.8. The van der Waals surface area contributed by atoms with Crippen molar-refractivity contribution in [1.82, 2.24) is 9.97 Å². The molecule has 0 bridgehead atoms. The number of rotatable bonds is 4. The second kappa shape index (κ2) is 6.76. The first-order valence-electron chi connectivity index (χ1n) is 9.28. The summed E-state index contributed by atoms with van der Waals surface area (Å²) in [6, 6.07) is 8.63. The van der Waals surface area contributed by atoms with Gasteiger partial charge in [0, 0.05) is 30.1 Å². The first-order valence-corrected chi connectivity index (χ1v) is 9.28. The predicted octanol–water partition coefficient (Wildman–Crippen LogP) is 2.66. The highest BCUT2D eigenvalue weighted by molar-refractivity contribution is 5.67. The standard InChI is InChI=1S/C20H21F2N5O/c1-11-16(28)10-27(11)19-25-17(14-6-8-20(21,22)18(14)26-19)13-4-2-12(3-5-13)15(24)7-9-23/h2-5,11,15-16,28H,6-8,10,24H2,1H3/t11-,15+,16+/m0/s1. The molecule has 8 heteroatoms. The van der Waals surface area contributed by atoms with Crippen LogP contribution in [-0.4, -0.2) is 33.8 Å². The molecule has 1 saturated heterocycles.